The van der Waals surface area contributed by atoms with E-state index in [0.717, 1.165) is 5.56 Å². The van der Waals surface area contributed by atoms with Crippen LogP contribution in [-0.4, -0.2) is 33.1 Å². The predicted octanol–water partition coefficient (Wildman–Crippen LogP) is 4.45. The molecule has 0 aliphatic carbocycles. The molecule has 2 aromatic rings. The topological polar surface area (TPSA) is 78.1 Å². The summed E-state index contributed by atoms with van der Waals surface area (Å²) in [5.41, 5.74) is 1.26. The lowest BCUT2D eigenvalue weighted by atomic mass is 10.1. The van der Waals surface area contributed by atoms with Crippen LogP contribution in [-0.2, 0) is 11.4 Å². The van der Waals surface area contributed by atoms with Gasteiger partial charge in [-0.15, -0.1) is 0 Å². The van der Waals surface area contributed by atoms with E-state index in [0.29, 0.717) is 16.3 Å². The van der Waals surface area contributed by atoms with Crippen LogP contribution in [0.3, 0.4) is 0 Å². The zero-order valence-electron chi connectivity index (χ0n) is 15.2. The third-order valence-electron chi connectivity index (χ3n) is 4.15. The molecule has 4 rings (SSSR count). The number of ether oxygens (including phenoxy) is 1. The number of aliphatic imine (C=N–C) groups is 1. The largest absolute Gasteiger partial charge is 0.488 e. The van der Waals surface area contributed by atoms with Crippen molar-refractivity contribution in [2.75, 3.05) is 0 Å². The predicted molar refractivity (Wildman–Crippen MR) is 108 cm³/mol. The van der Waals surface area contributed by atoms with Crippen LogP contribution in [0.5, 0.6) is 5.75 Å². The van der Waals surface area contributed by atoms with E-state index in [2.05, 4.69) is 10.1 Å². The number of amidine groups is 2. The first-order chi connectivity index (χ1) is 14.3. The Labute approximate surface area is 173 Å². The molecule has 0 saturated heterocycles. The molecule has 0 unspecified atom stereocenters. The van der Waals surface area contributed by atoms with Crippen LogP contribution in [0.15, 0.2) is 70.3 Å². The molecule has 152 valence electrons. The van der Waals surface area contributed by atoms with Gasteiger partial charge in [0.1, 0.15) is 12.4 Å². The molecule has 1 amide bonds. The lowest BCUT2D eigenvalue weighted by Gasteiger charge is -2.20. The highest BCUT2D eigenvalue weighted by Crippen LogP contribution is 2.35. The molecule has 0 saturated carbocycles. The maximum Gasteiger partial charge on any atom is 0.441 e. The zero-order valence-corrected chi connectivity index (χ0v) is 16.0. The Morgan fingerprint density at radius 3 is 2.53 bits per heavy atom. The standard InChI is InChI=1S/C20H13F3N4O2S/c21-20(22,23)18-26-27-16(24)14(17(28)25-19(27)30-18)10-13-8-4-5-9-15(13)29-11-12-6-2-1-3-7-12/h1-10,24H,11H2/b14-10-,24-16?. The summed E-state index contributed by atoms with van der Waals surface area (Å²) in [6, 6.07) is 16.3. The first-order valence-corrected chi connectivity index (χ1v) is 9.48. The van der Waals surface area contributed by atoms with Crippen LogP contribution < -0.4 is 4.74 Å². The third kappa shape index (κ3) is 3.99. The Morgan fingerprint density at radius 1 is 1.10 bits per heavy atom. The first kappa shape index (κ1) is 19.9. The third-order valence-corrected chi connectivity index (χ3v) is 5.11. The smallest absolute Gasteiger partial charge is 0.441 e. The number of para-hydroxylation sites is 1. The summed E-state index contributed by atoms with van der Waals surface area (Å²) in [6.45, 7) is 0.288. The fourth-order valence-electron chi connectivity index (χ4n) is 2.73. The van der Waals surface area contributed by atoms with Gasteiger partial charge < -0.3 is 4.74 Å². The van der Waals surface area contributed by atoms with Crippen molar-refractivity contribution in [2.24, 2.45) is 10.1 Å². The van der Waals surface area contributed by atoms with E-state index in [1.165, 1.54) is 6.08 Å². The Morgan fingerprint density at radius 2 is 1.80 bits per heavy atom. The Balaban J connectivity index is 1.62. The van der Waals surface area contributed by atoms with E-state index in [1.54, 1.807) is 24.3 Å². The molecule has 0 fully saturated rings. The van der Waals surface area contributed by atoms with E-state index in [1.807, 2.05) is 30.3 Å². The molecule has 6 nitrogen and oxygen atoms in total. The van der Waals surface area contributed by atoms with E-state index >= 15 is 0 Å². The van der Waals surface area contributed by atoms with Crippen molar-refractivity contribution >= 4 is 39.8 Å². The minimum atomic E-state index is -4.68. The SMILES string of the molecule is N=C1/C(=C/c2ccccc2OCc2ccccc2)C(=O)N=C2SC(C(F)(F)F)=NN12. The van der Waals surface area contributed by atoms with E-state index in [9.17, 15) is 18.0 Å². The molecule has 0 atom stereocenters. The molecule has 0 spiro atoms. The Kier molecular flexibility index (Phi) is 5.17. The summed E-state index contributed by atoms with van der Waals surface area (Å²) in [5.74, 6) is -0.829. The number of hydrogen-bond donors (Lipinski definition) is 1. The molecular formula is C20H13F3N4O2S. The van der Waals surface area contributed by atoms with Crippen molar-refractivity contribution in [1.29, 1.82) is 5.41 Å². The zero-order chi connectivity index (χ0) is 21.3. The molecule has 0 bridgehead atoms. The summed E-state index contributed by atoms with van der Waals surface area (Å²) in [5, 5.41) is 10.8. The fraction of sp³-hybridized carbons (Fsp3) is 0.100. The van der Waals surface area contributed by atoms with Crippen LogP contribution in [0.25, 0.3) is 6.08 Å². The average molecular weight is 430 g/mol. The number of hydrazone groups is 1. The summed E-state index contributed by atoms with van der Waals surface area (Å²) in [7, 11) is 0. The second-order valence-electron chi connectivity index (χ2n) is 6.24. The molecule has 2 aliphatic heterocycles. The van der Waals surface area contributed by atoms with E-state index in [-0.39, 0.29) is 29.1 Å². The number of benzene rings is 2. The molecule has 2 aromatic carbocycles. The quantitative estimate of drug-likeness (QED) is 0.727. The minimum absolute atomic E-state index is 0.178. The molecule has 2 heterocycles. The second-order valence-corrected chi connectivity index (χ2v) is 7.19. The normalized spacial score (nSPS) is 17.7. The highest BCUT2D eigenvalue weighted by atomic mass is 32.2. The second kappa shape index (κ2) is 7.79. The molecule has 0 radical (unpaired) electrons. The van der Waals surface area contributed by atoms with Gasteiger partial charge in [0.25, 0.3) is 5.91 Å². The monoisotopic (exact) mass is 430 g/mol. The highest BCUT2D eigenvalue weighted by molar-refractivity contribution is 8.27. The van der Waals surface area contributed by atoms with E-state index in [4.69, 9.17) is 10.1 Å². The van der Waals surface area contributed by atoms with Gasteiger partial charge in [0.05, 0.1) is 5.57 Å². The van der Waals surface area contributed by atoms with Crippen molar-refractivity contribution in [3.63, 3.8) is 0 Å². The Bertz CT molecular complexity index is 1110. The molecule has 1 N–H and O–H groups in total. The number of nitrogens with zero attached hydrogens (tertiary/aromatic N) is 3. The summed E-state index contributed by atoms with van der Waals surface area (Å²) in [6.07, 6.45) is -3.31. The van der Waals surface area contributed by atoms with Crippen molar-refractivity contribution < 1.29 is 22.7 Å². The van der Waals surface area contributed by atoms with Crippen molar-refractivity contribution in [3.05, 3.63) is 71.3 Å². The number of carbonyl (C=O) groups excluding carboxylic acids is 1. The molecular weight excluding hydrogens is 417 g/mol. The summed E-state index contributed by atoms with van der Waals surface area (Å²) in [4.78, 5) is 16.1. The van der Waals surface area contributed by atoms with Crippen molar-refractivity contribution in [3.8, 4) is 5.75 Å². The molecule has 2 aliphatic rings. The lowest BCUT2D eigenvalue weighted by molar-refractivity contribution is -0.114. The number of hydrogen-bond acceptors (Lipinski definition) is 5. The number of alkyl halides is 3. The average Bonchev–Trinajstić information content (AvgIpc) is 3.16. The van der Waals surface area contributed by atoms with Gasteiger partial charge in [0.2, 0.25) is 10.2 Å². The van der Waals surface area contributed by atoms with E-state index < -0.39 is 23.0 Å². The molecule has 10 heteroatoms. The number of rotatable bonds is 4. The van der Waals surface area contributed by atoms with Gasteiger partial charge in [0.15, 0.2) is 5.84 Å². The van der Waals surface area contributed by atoms with Crippen LogP contribution in [0.4, 0.5) is 13.2 Å². The first-order valence-electron chi connectivity index (χ1n) is 8.66. The van der Waals surface area contributed by atoms with Gasteiger partial charge in [-0.25, -0.2) is 0 Å². The van der Waals surface area contributed by atoms with Crippen LogP contribution in [0.1, 0.15) is 11.1 Å². The number of amides is 1. The lowest BCUT2D eigenvalue weighted by Crippen LogP contribution is -2.35. The number of thioether (sulfide) groups is 1. The Hall–Kier alpha value is -3.40. The molecule has 30 heavy (non-hydrogen) atoms. The van der Waals surface area contributed by atoms with Gasteiger partial charge in [0, 0.05) is 5.56 Å². The fourth-order valence-corrected chi connectivity index (χ4v) is 3.49. The van der Waals surface area contributed by atoms with Gasteiger partial charge in [-0.3, -0.25) is 10.2 Å². The number of nitrogens with one attached hydrogen (secondary N) is 1. The van der Waals surface area contributed by atoms with Crippen molar-refractivity contribution in [2.45, 2.75) is 12.8 Å². The van der Waals surface area contributed by atoms with Crippen molar-refractivity contribution in [1.82, 2.24) is 5.01 Å². The van der Waals surface area contributed by atoms with Gasteiger partial charge in [-0.05, 0) is 29.5 Å². The van der Waals surface area contributed by atoms with Crippen LogP contribution >= 0.6 is 11.8 Å². The van der Waals surface area contributed by atoms with Crippen LogP contribution in [0, 0.1) is 5.41 Å². The van der Waals surface area contributed by atoms with Crippen LogP contribution in [0.2, 0.25) is 0 Å². The van der Waals surface area contributed by atoms with Gasteiger partial charge in [-0.1, -0.05) is 48.5 Å². The highest BCUT2D eigenvalue weighted by Gasteiger charge is 2.46. The maximum absolute atomic E-state index is 12.9. The summed E-state index contributed by atoms with van der Waals surface area (Å²) < 4.78 is 44.6. The summed E-state index contributed by atoms with van der Waals surface area (Å²) >= 11 is 0.214. The maximum atomic E-state index is 12.9. The molecule has 0 aromatic heterocycles. The number of fused-ring (bicyclic) bond motifs is 1. The minimum Gasteiger partial charge on any atom is -0.488 e. The van der Waals surface area contributed by atoms with Gasteiger partial charge in [-0.2, -0.15) is 28.3 Å². The van der Waals surface area contributed by atoms with Gasteiger partial charge >= 0.3 is 6.18 Å². The number of halogens is 3. The number of carbonyl (C=O) groups is 1.